The Morgan fingerprint density at radius 1 is 1.07 bits per heavy atom. The van der Waals surface area contributed by atoms with Crippen molar-refractivity contribution in [3.8, 4) is 17.2 Å². The molecule has 1 heterocycles. The van der Waals surface area contributed by atoms with Gasteiger partial charge in [-0.15, -0.1) is 0 Å². The van der Waals surface area contributed by atoms with Gasteiger partial charge in [0, 0.05) is 22.6 Å². The number of anilines is 1. The second kappa shape index (κ2) is 12.0. The summed E-state index contributed by atoms with van der Waals surface area (Å²) in [6.45, 7) is 3.97. The number of methoxy groups -OCH3 is 1. The number of fused-ring (bicyclic) bond motifs is 5. The number of hydrogen-bond acceptors (Lipinski definition) is 9. The molecule has 0 fully saturated rings. The highest BCUT2D eigenvalue weighted by Gasteiger charge is 2.29. The van der Waals surface area contributed by atoms with Crippen LogP contribution in [-0.2, 0) is 9.53 Å². The molecule has 0 amide bonds. The number of carbonyl (C=O) groups excluding carboxylic acids is 2. The average molecular weight is 559 g/mol. The average Bonchev–Trinajstić information content (AvgIpc) is 3.43. The fraction of sp³-hybridized carbons (Fsp3) is 0.312. The van der Waals surface area contributed by atoms with Crippen molar-refractivity contribution in [3.63, 3.8) is 0 Å². The van der Waals surface area contributed by atoms with E-state index in [9.17, 15) is 20.0 Å². The molecule has 5 rings (SSSR count). The molecule has 9 nitrogen and oxygen atoms in total. The molecule has 0 spiro atoms. The summed E-state index contributed by atoms with van der Waals surface area (Å²) in [4.78, 5) is 25.8. The zero-order chi connectivity index (χ0) is 29.1. The smallest absolute Gasteiger partial charge is 0.339 e. The van der Waals surface area contributed by atoms with Crippen LogP contribution in [0, 0.1) is 5.21 Å². The number of rotatable bonds is 5. The maximum atomic E-state index is 13.9. The van der Waals surface area contributed by atoms with Crippen molar-refractivity contribution in [2.75, 3.05) is 19.1 Å². The summed E-state index contributed by atoms with van der Waals surface area (Å²) in [5.41, 5.74) is 2.67. The molecule has 0 radical (unpaired) electrons. The fourth-order valence-corrected chi connectivity index (χ4v) is 5.47. The molecule has 2 aliphatic rings. The van der Waals surface area contributed by atoms with Crippen LogP contribution in [0.2, 0.25) is 0 Å². The summed E-state index contributed by atoms with van der Waals surface area (Å²) in [7, 11) is 1.50. The van der Waals surface area contributed by atoms with E-state index in [1.54, 1.807) is 18.2 Å². The first kappa shape index (κ1) is 28.2. The molecule has 3 aromatic rings. The van der Waals surface area contributed by atoms with E-state index in [-0.39, 0.29) is 28.7 Å². The lowest BCUT2D eigenvalue weighted by atomic mass is 9.94. The summed E-state index contributed by atoms with van der Waals surface area (Å²) in [6.07, 6.45) is 9.41. The zero-order valence-corrected chi connectivity index (χ0v) is 23.3. The van der Waals surface area contributed by atoms with E-state index in [1.165, 1.54) is 24.8 Å². The normalized spacial score (nSPS) is 21.4. The number of esters is 1. The molecule has 0 unspecified atom stereocenters. The lowest BCUT2D eigenvalue weighted by Crippen LogP contribution is -2.19. The Morgan fingerprint density at radius 3 is 2.61 bits per heavy atom. The zero-order valence-electron chi connectivity index (χ0n) is 23.3. The van der Waals surface area contributed by atoms with Gasteiger partial charge in [-0.1, -0.05) is 35.4 Å². The second-order valence-electron chi connectivity index (χ2n) is 10.3. The van der Waals surface area contributed by atoms with Crippen LogP contribution in [0.25, 0.3) is 21.5 Å². The third-order valence-corrected chi connectivity index (χ3v) is 7.47. The number of hydrogen-bond donors (Lipinski definition) is 1. The number of benzene rings is 3. The van der Waals surface area contributed by atoms with Gasteiger partial charge in [-0.3, -0.25) is 10.0 Å². The molecule has 1 atom stereocenters. The third-order valence-electron chi connectivity index (χ3n) is 7.47. The van der Waals surface area contributed by atoms with Gasteiger partial charge >= 0.3 is 5.97 Å². The van der Waals surface area contributed by atoms with E-state index >= 15 is 0 Å². The quantitative estimate of drug-likeness (QED) is 0.117. The van der Waals surface area contributed by atoms with Gasteiger partial charge in [-0.25, -0.2) is 4.79 Å². The first-order valence-electron chi connectivity index (χ1n) is 13.5. The van der Waals surface area contributed by atoms with Crippen molar-refractivity contribution in [3.05, 3.63) is 76.0 Å². The van der Waals surface area contributed by atoms with Gasteiger partial charge in [0.2, 0.25) is 6.79 Å². The van der Waals surface area contributed by atoms with Gasteiger partial charge in [0.1, 0.15) is 18.1 Å². The second-order valence-corrected chi connectivity index (χ2v) is 10.3. The topological polar surface area (TPSA) is 118 Å². The Morgan fingerprint density at radius 2 is 1.85 bits per heavy atom. The minimum absolute atomic E-state index is 0.0197. The van der Waals surface area contributed by atoms with E-state index in [2.05, 4.69) is 19.1 Å². The van der Waals surface area contributed by atoms with Crippen LogP contribution in [0.15, 0.2) is 65.3 Å². The van der Waals surface area contributed by atoms with E-state index in [4.69, 9.17) is 18.9 Å². The number of carbonyl (C=O) groups is 2. The molecule has 1 aliphatic heterocycles. The van der Waals surface area contributed by atoms with Crippen molar-refractivity contribution < 1.29 is 33.7 Å². The highest BCUT2D eigenvalue weighted by molar-refractivity contribution is 6.23. The van der Waals surface area contributed by atoms with Gasteiger partial charge in [0.25, 0.3) is 0 Å². The SMILES string of the molecule is COc1cccc2c1cc(N([O-])O)c1c(C(=O)O[C@H]3/C=C(/C=O)CC/C=C(/C)CC/C=C(/C)C3)cc3c(c12)OCO3. The Balaban J connectivity index is 1.65. The Labute approximate surface area is 237 Å². The number of ether oxygens (including phenoxy) is 4. The van der Waals surface area contributed by atoms with Gasteiger partial charge in [0.05, 0.1) is 18.4 Å². The summed E-state index contributed by atoms with van der Waals surface area (Å²) in [5, 5.41) is 24.1. The monoisotopic (exact) mass is 558 g/mol. The van der Waals surface area contributed by atoms with Crippen LogP contribution in [0.4, 0.5) is 5.69 Å². The molecule has 0 bridgehead atoms. The van der Waals surface area contributed by atoms with E-state index in [0.29, 0.717) is 58.2 Å². The predicted molar refractivity (Wildman–Crippen MR) is 156 cm³/mol. The molecular weight excluding hydrogens is 526 g/mol. The molecule has 41 heavy (non-hydrogen) atoms. The van der Waals surface area contributed by atoms with Gasteiger partial charge in [-0.2, -0.15) is 0 Å². The maximum Gasteiger partial charge on any atom is 0.339 e. The van der Waals surface area contributed by atoms with Crippen LogP contribution in [0.3, 0.4) is 0 Å². The molecule has 1 aliphatic carbocycles. The van der Waals surface area contributed by atoms with E-state index in [0.717, 1.165) is 24.7 Å². The van der Waals surface area contributed by atoms with Crippen molar-refractivity contribution in [2.24, 2.45) is 0 Å². The predicted octanol–water partition coefficient (Wildman–Crippen LogP) is 6.93. The van der Waals surface area contributed by atoms with Crippen molar-refractivity contribution in [1.29, 1.82) is 0 Å². The first-order valence-corrected chi connectivity index (χ1v) is 13.5. The molecule has 0 saturated carbocycles. The minimum Gasteiger partial charge on any atom is -0.733 e. The van der Waals surface area contributed by atoms with Crippen molar-refractivity contribution in [2.45, 2.75) is 52.1 Å². The molecule has 0 saturated heterocycles. The first-order chi connectivity index (χ1) is 19.8. The fourth-order valence-electron chi connectivity index (χ4n) is 5.47. The van der Waals surface area contributed by atoms with Crippen LogP contribution in [-0.4, -0.2) is 37.5 Å². The van der Waals surface area contributed by atoms with E-state index < -0.39 is 12.1 Å². The number of allylic oxidation sites excluding steroid dienone is 4. The molecule has 1 N–H and O–H groups in total. The molecule has 214 valence electrons. The lowest BCUT2D eigenvalue weighted by Gasteiger charge is -2.26. The summed E-state index contributed by atoms with van der Waals surface area (Å²) in [5.74, 6) is 0.387. The highest BCUT2D eigenvalue weighted by atomic mass is 16.8. The summed E-state index contributed by atoms with van der Waals surface area (Å²) in [6, 6.07) is 8.24. The molecule has 9 heteroatoms. The molecule has 3 aromatic carbocycles. The lowest BCUT2D eigenvalue weighted by molar-refractivity contribution is -0.105. The van der Waals surface area contributed by atoms with Crippen LogP contribution in [0.5, 0.6) is 17.2 Å². The minimum atomic E-state index is -0.735. The van der Waals surface area contributed by atoms with Gasteiger partial charge < -0.3 is 29.4 Å². The molecule has 0 aromatic heterocycles. The van der Waals surface area contributed by atoms with Crippen molar-refractivity contribution in [1.82, 2.24) is 0 Å². The maximum absolute atomic E-state index is 13.9. The number of aldehydes is 1. The van der Waals surface area contributed by atoms with Gasteiger partial charge in [0.15, 0.2) is 11.5 Å². The molecular formula is C32H32NO8-. The van der Waals surface area contributed by atoms with Crippen LogP contribution in [0.1, 0.15) is 56.3 Å². The Hall–Kier alpha value is -4.34. The summed E-state index contributed by atoms with van der Waals surface area (Å²) < 4.78 is 22.9. The third kappa shape index (κ3) is 5.77. The largest absolute Gasteiger partial charge is 0.733 e. The summed E-state index contributed by atoms with van der Waals surface area (Å²) >= 11 is 0. The van der Waals surface area contributed by atoms with Crippen LogP contribution >= 0.6 is 0 Å². The van der Waals surface area contributed by atoms with Gasteiger partial charge in [-0.05, 0) is 74.8 Å². The standard InChI is InChI=1S/C32H32NO8/c1-19-7-4-9-20(2)13-22(14-21(17-34)10-5-8-19)41-32(35)25-16-28-31(40-18-39-28)30-23-11-6-12-27(38-3)24(23)15-26(29(25)30)33(36)37/h6,8-9,11-12,14-17,22,36H,4-5,7,10,13,18H2,1-3H3/q-1/b19-8-,20-9-,21-14+/t22-/m1/s1. The van der Waals surface area contributed by atoms with Crippen LogP contribution < -0.4 is 19.4 Å². The Kier molecular flexibility index (Phi) is 8.28. The number of nitrogens with zero attached hydrogens (tertiary/aromatic N) is 1. The van der Waals surface area contributed by atoms with E-state index in [1.807, 2.05) is 13.0 Å². The Bertz CT molecular complexity index is 1600. The highest BCUT2D eigenvalue weighted by Crippen LogP contribution is 2.49. The van der Waals surface area contributed by atoms with Crippen molar-refractivity contribution >= 4 is 39.5 Å².